The number of hydrogen-bond donors (Lipinski definition) is 1. The maximum Gasteiger partial charge on any atom is 0.158 e. The fraction of sp³-hybridized carbons (Fsp3) is 0.800. The Hall–Kier alpha value is -0.960. The van der Waals surface area contributed by atoms with E-state index >= 15 is 0 Å². The van der Waals surface area contributed by atoms with E-state index in [4.69, 9.17) is 0 Å². The zero-order valence-corrected chi connectivity index (χ0v) is 13.9. The van der Waals surface area contributed by atoms with Crippen molar-refractivity contribution < 1.29 is 14.7 Å². The molecule has 0 aliphatic heterocycles. The molecule has 5 rings (SSSR count). The highest BCUT2D eigenvalue weighted by atomic mass is 16.3. The Morgan fingerprint density at radius 1 is 1.13 bits per heavy atom. The molecule has 5 aliphatic rings. The molecule has 3 heteroatoms. The molecule has 1 N–H and O–H groups in total. The summed E-state index contributed by atoms with van der Waals surface area (Å²) < 4.78 is 0. The molecular formula is C20H26O3. The number of aliphatic hydroxyl groups is 1. The van der Waals surface area contributed by atoms with Gasteiger partial charge < -0.3 is 5.11 Å². The second-order valence-corrected chi connectivity index (χ2v) is 9.10. The molecule has 2 bridgehead atoms. The van der Waals surface area contributed by atoms with Crippen LogP contribution in [0.15, 0.2) is 11.6 Å². The zero-order valence-electron chi connectivity index (χ0n) is 13.9. The van der Waals surface area contributed by atoms with E-state index in [1.54, 1.807) is 0 Å². The lowest BCUT2D eigenvalue weighted by Gasteiger charge is -2.57. The van der Waals surface area contributed by atoms with Crippen LogP contribution in [0.1, 0.15) is 58.3 Å². The SMILES string of the molecule is C[C@]12CC[C@H]3[C@@H](CCC4=CC(=O)[C@H]5C[C@H](O)[C@]43C5)[C@@H]1CCC2=O. The molecule has 4 fully saturated rings. The largest absolute Gasteiger partial charge is 0.392 e. The van der Waals surface area contributed by atoms with Crippen LogP contribution in [0.4, 0.5) is 0 Å². The van der Waals surface area contributed by atoms with Crippen LogP contribution in [0.2, 0.25) is 0 Å². The fourth-order valence-electron chi connectivity index (χ4n) is 7.46. The van der Waals surface area contributed by atoms with Crippen LogP contribution in [-0.4, -0.2) is 22.8 Å². The third-order valence-corrected chi connectivity index (χ3v) is 8.56. The molecule has 0 heterocycles. The number of Topliss-reactive ketones (excluding diaryl/α,β-unsaturated/α-hetero) is 1. The summed E-state index contributed by atoms with van der Waals surface area (Å²) in [6.07, 6.45) is 8.98. The van der Waals surface area contributed by atoms with E-state index in [1.165, 1.54) is 5.57 Å². The van der Waals surface area contributed by atoms with Crippen LogP contribution in [0.3, 0.4) is 0 Å². The number of carbonyl (C=O) groups excluding carboxylic acids is 2. The summed E-state index contributed by atoms with van der Waals surface area (Å²) in [5.74, 6) is 2.34. The van der Waals surface area contributed by atoms with Crippen LogP contribution >= 0.6 is 0 Å². The Morgan fingerprint density at radius 2 is 1.96 bits per heavy atom. The number of ketones is 2. The highest BCUT2D eigenvalue weighted by molar-refractivity contribution is 5.94. The smallest absolute Gasteiger partial charge is 0.158 e. The van der Waals surface area contributed by atoms with Crippen molar-refractivity contribution in [2.24, 2.45) is 34.5 Å². The summed E-state index contributed by atoms with van der Waals surface area (Å²) in [7, 11) is 0. The second kappa shape index (κ2) is 4.36. The van der Waals surface area contributed by atoms with Crippen molar-refractivity contribution in [2.75, 3.05) is 0 Å². The third-order valence-electron chi connectivity index (χ3n) is 8.56. The van der Waals surface area contributed by atoms with Crippen molar-refractivity contribution >= 4 is 11.6 Å². The first kappa shape index (κ1) is 14.4. The predicted octanol–water partition coefficient (Wildman–Crippen LogP) is 3.06. The first-order chi connectivity index (χ1) is 11.0. The van der Waals surface area contributed by atoms with Crippen molar-refractivity contribution in [3.05, 3.63) is 11.6 Å². The molecule has 124 valence electrons. The van der Waals surface area contributed by atoms with Crippen LogP contribution < -0.4 is 0 Å². The molecule has 23 heavy (non-hydrogen) atoms. The van der Waals surface area contributed by atoms with Gasteiger partial charge in [-0.1, -0.05) is 12.5 Å². The highest BCUT2D eigenvalue weighted by Gasteiger charge is 2.65. The summed E-state index contributed by atoms with van der Waals surface area (Å²) in [6.45, 7) is 2.20. The van der Waals surface area contributed by atoms with Crippen molar-refractivity contribution in [3.8, 4) is 0 Å². The van der Waals surface area contributed by atoms with Crippen molar-refractivity contribution in [1.29, 1.82) is 0 Å². The average molecular weight is 314 g/mol. The minimum Gasteiger partial charge on any atom is -0.392 e. The van der Waals surface area contributed by atoms with E-state index in [2.05, 4.69) is 6.92 Å². The fourth-order valence-corrected chi connectivity index (χ4v) is 7.46. The molecule has 1 spiro atoms. The minimum absolute atomic E-state index is 0.0472. The van der Waals surface area contributed by atoms with Gasteiger partial charge in [0.25, 0.3) is 0 Å². The Morgan fingerprint density at radius 3 is 2.78 bits per heavy atom. The molecule has 5 aliphatic carbocycles. The van der Waals surface area contributed by atoms with Crippen molar-refractivity contribution in [2.45, 2.75) is 64.4 Å². The molecule has 0 saturated heterocycles. The van der Waals surface area contributed by atoms with E-state index in [-0.39, 0.29) is 28.6 Å². The lowest BCUT2D eigenvalue weighted by Crippen LogP contribution is -2.53. The normalized spacial score (nSPS) is 54.3. The lowest BCUT2D eigenvalue weighted by atomic mass is 9.47. The summed E-state index contributed by atoms with van der Waals surface area (Å²) in [5, 5.41) is 10.9. The second-order valence-electron chi connectivity index (χ2n) is 9.10. The molecule has 0 unspecified atom stereocenters. The summed E-state index contributed by atoms with van der Waals surface area (Å²) in [4.78, 5) is 24.7. The molecule has 7 atom stereocenters. The quantitative estimate of drug-likeness (QED) is 0.747. The summed E-state index contributed by atoms with van der Waals surface area (Å²) >= 11 is 0. The first-order valence-corrected chi connectivity index (χ1v) is 9.43. The van der Waals surface area contributed by atoms with Gasteiger partial charge in [0, 0.05) is 23.2 Å². The van der Waals surface area contributed by atoms with Gasteiger partial charge in [0.05, 0.1) is 6.10 Å². The van der Waals surface area contributed by atoms with Gasteiger partial charge in [-0.2, -0.15) is 0 Å². The number of hydrogen-bond acceptors (Lipinski definition) is 3. The van der Waals surface area contributed by atoms with Gasteiger partial charge in [0.15, 0.2) is 5.78 Å². The number of fused-ring (bicyclic) bond motifs is 4. The summed E-state index contributed by atoms with van der Waals surface area (Å²) in [6, 6.07) is 0. The average Bonchev–Trinajstić information content (AvgIpc) is 2.99. The monoisotopic (exact) mass is 314 g/mol. The molecule has 0 aromatic rings. The summed E-state index contributed by atoms with van der Waals surface area (Å²) in [5.41, 5.74) is 1.01. The van der Waals surface area contributed by atoms with E-state index in [0.29, 0.717) is 30.0 Å². The van der Waals surface area contributed by atoms with Gasteiger partial charge in [-0.25, -0.2) is 0 Å². The minimum atomic E-state index is -0.348. The first-order valence-electron chi connectivity index (χ1n) is 9.43. The molecule has 0 radical (unpaired) electrons. The Bertz CT molecular complexity index is 635. The highest BCUT2D eigenvalue weighted by Crippen LogP contribution is 2.68. The van der Waals surface area contributed by atoms with Crippen LogP contribution in [-0.2, 0) is 9.59 Å². The zero-order chi connectivity index (χ0) is 16.0. The van der Waals surface area contributed by atoms with E-state index in [9.17, 15) is 14.7 Å². The van der Waals surface area contributed by atoms with Crippen LogP contribution in [0, 0.1) is 34.5 Å². The third kappa shape index (κ3) is 1.55. The van der Waals surface area contributed by atoms with Gasteiger partial charge >= 0.3 is 0 Å². The van der Waals surface area contributed by atoms with Crippen molar-refractivity contribution in [1.82, 2.24) is 0 Å². The lowest BCUT2D eigenvalue weighted by molar-refractivity contribution is -0.134. The standard InChI is InChI=1S/C20H26O3/c1-19-7-6-15-13(14(19)4-5-17(19)22)3-2-12-9-16(21)11-8-18(23)20(12,15)10-11/h9,11,13-15,18,23H,2-8,10H2,1H3/t11-,13-,14-,15-,18-,19-,20+/m0/s1. The van der Waals surface area contributed by atoms with Crippen LogP contribution in [0.5, 0.6) is 0 Å². The van der Waals surface area contributed by atoms with Crippen molar-refractivity contribution in [3.63, 3.8) is 0 Å². The molecule has 4 saturated carbocycles. The molecule has 0 amide bonds. The molecule has 0 aromatic carbocycles. The molecule has 0 aromatic heterocycles. The van der Waals surface area contributed by atoms with Gasteiger partial charge in [-0.3, -0.25) is 9.59 Å². The van der Waals surface area contributed by atoms with Crippen LogP contribution in [0.25, 0.3) is 0 Å². The Balaban J connectivity index is 1.59. The van der Waals surface area contributed by atoms with Gasteiger partial charge in [-0.15, -0.1) is 0 Å². The number of carbonyl (C=O) groups is 2. The number of rotatable bonds is 0. The van der Waals surface area contributed by atoms with E-state index in [0.717, 1.165) is 44.9 Å². The molecule has 3 nitrogen and oxygen atoms in total. The van der Waals surface area contributed by atoms with E-state index in [1.807, 2.05) is 6.08 Å². The van der Waals surface area contributed by atoms with Gasteiger partial charge in [0.1, 0.15) is 5.78 Å². The predicted molar refractivity (Wildman–Crippen MR) is 85.5 cm³/mol. The Labute approximate surface area is 137 Å². The molecular weight excluding hydrogens is 288 g/mol. The van der Waals surface area contributed by atoms with Gasteiger partial charge in [0.2, 0.25) is 0 Å². The van der Waals surface area contributed by atoms with E-state index < -0.39 is 0 Å². The van der Waals surface area contributed by atoms with Gasteiger partial charge in [-0.05, 0) is 68.8 Å². The topological polar surface area (TPSA) is 54.4 Å². The maximum absolute atomic E-state index is 12.4. The number of aliphatic hydroxyl groups excluding tert-OH is 1. The maximum atomic E-state index is 12.4. The Kier molecular flexibility index (Phi) is 2.73.